The quantitative estimate of drug-likeness (QED) is 0.657. The number of halogens is 1. The third-order valence-electron chi connectivity index (χ3n) is 4.35. The third-order valence-corrected chi connectivity index (χ3v) is 4.35. The fraction of sp³-hybridized carbons (Fsp3) is 0.667. The molecule has 0 spiro atoms. The van der Waals surface area contributed by atoms with Crippen LogP contribution in [0.1, 0.15) is 51.1 Å². The molecule has 4 nitrogen and oxygen atoms in total. The van der Waals surface area contributed by atoms with Crippen LogP contribution < -0.4 is 11.3 Å². The molecule has 5 heteroatoms. The van der Waals surface area contributed by atoms with Gasteiger partial charge < -0.3 is 0 Å². The molecule has 0 amide bonds. The number of aromatic nitrogens is 1. The van der Waals surface area contributed by atoms with Gasteiger partial charge in [-0.3, -0.25) is 21.2 Å². The van der Waals surface area contributed by atoms with Crippen molar-refractivity contribution in [3.8, 4) is 0 Å². The van der Waals surface area contributed by atoms with E-state index in [1.807, 2.05) is 0 Å². The van der Waals surface area contributed by atoms with Crippen LogP contribution in [0.15, 0.2) is 18.5 Å². The van der Waals surface area contributed by atoms with Gasteiger partial charge in [-0.15, -0.1) is 0 Å². The number of hydrogen-bond acceptors (Lipinski definition) is 4. The second kappa shape index (κ2) is 6.61. The summed E-state index contributed by atoms with van der Waals surface area (Å²) in [7, 11) is 0. The van der Waals surface area contributed by atoms with Gasteiger partial charge in [0, 0.05) is 11.7 Å². The molecule has 1 aromatic rings. The van der Waals surface area contributed by atoms with Crippen LogP contribution >= 0.6 is 0 Å². The Balaban J connectivity index is 2.23. The summed E-state index contributed by atoms with van der Waals surface area (Å²) >= 11 is 0. The number of nitrogens with one attached hydrogen (secondary N) is 1. The van der Waals surface area contributed by atoms with Crippen molar-refractivity contribution >= 4 is 0 Å². The molecule has 1 aromatic heterocycles. The first kappa shape index (κ1) is 15.4. The highest BCUT2D eigenvalue weighted by Gasteiger charge is 2.36. The molecule has 2 heterocycles. The summed E-state index contributed by atoms with van der Waals surface area (Å²) in [5.41, 5.74) is 3.46. The number of likely N-dealkylation sites (tertiary alicyclic amines) is 1. The second-order valence-electron chi connectivity index (χ2n) is 6.09. The zero-order valence-electron chi connectivity index (χ0n) is 12.4. The minimum Gasteiger partial charge on any atom is -0.296 e. The van der Waals surface area contributed by atoms with Crippen molar-refractivity contribution in [1.82, 2.24) is 15.3 Å². The SMILES string of the molecule is CC(C)(C(NN)c1cncc(F)c1)N1CCCCCC1. The molecule has 1 aliphatic rings. The summed E-state index contributed by atoms with van der Waals surface area (Å²) < 4.78 is 13.4. The lowest BCUT2D eigenvalue weighted by atomic mass is 9.87. The average Bonchev–Trinajstić information content (AvgIpc) is 2.68. The molecule has 20 heavy (non-hydrogen) atoms. The van der Waals surface area contributed by atoms with Crippen LogP contribution in [-0.4, -0.2) is 28.5 Å². The van der Waals surface area contributed by atoms with Crippen molar-refractivity contribution in [3.63, 3.8) is 0 Å². The first-order valence-electron chi connectivity index (χ1n) is 7.37. The number of hydrogen-bond donors (Lipinski definition) is 2. The molecule has 3 N–H and O–H groups in total. The molecule has 1 unspecified atom stereocenters. The van der Waals surface area contributed by atoms with E-state index < -0.39 is 0 Å². The predicted molar refractivity (Wildman–Crippen MR) is 78.4 cm³/mol. The summed E-state index contributed by atoms with van der Waals surface area (Å²) in [6.07, 6.45) is 7.90. The van der Waals surface area contributed by atoms with Crippen LogP contribution in [0.4, 0.5) is 4.39 Å². The van der Waals surface area contributed by atoms with Gasteiger partial charge in [-0.2, -0.15) is 0 Å². The average molecular weight is 280 g/mol. The summed E-state index contributed by atoms with van der Waals surface area (Å²) in [5.74, 6) is 5.44. The first-order valence-corrected chi connectivity index (χ1v) is 7.37. The first-order chi connectivity index (χ1) is 9.55. The lowest BCUT2D eigenvalue weighted by Gasteiger charge is -2.43. The lowest BCUT2D eigenvalue weighted by molar-refractivity contribution is 0.0832. The van der Waals surface area contributed by atoms with Crippen molar-refractivity contribution in [3.05, 3.63) is 29.8 Å². The van der Waals surface area contributed by atoms with E-state index in [0.29, 0.717) is 0 Å². The number of nitrogens with two attached hydrogens (primary N) is 1. The highest BCUT2D eigenvalue weighted by molar-refractivity contribution is 5.19. The molecule has 0 bridgehead atoms. The molecule has 0 aliphatic carbocycles. The Morgan fingerprint density at radius 3 is 2.45 bits per heavy atom. The van der Waals surface area contributed by atoms with E-state index in [9.17, 15) is 4.39 Å². The van der Waals surface area contributed by atoms with Crippen molar-refractivity contribution in [2.75, 3.05) is 13.1 Å². The van der Waals surface area contributed by atoms with Gasteiger partial charge in [0.2, 0.25) is 0 Å². The summed E-state index contributed by atoms with van der Waals surface area (Å²) in [6, 6.07) is 1.36. The highest BCUT2D eigenvalue weighted by atomic mass is 19.1. The largest absolute Gasteiger partial charge is 0.296 e. The zero-order valence-corrected chi connectivity index (χ0v) is 12.4. The molecule has 1 atom stereocenters. The molecule has 1 aliphatic heterocycles. The maximum atomic E-state index is 13.4. The molecule has 112 valence electrons. The fourth-order valence-electron chi connectivity index (χ4n) is 3.12. The van der Waals surface area contributed by atoms with Crippen molar-refractivity contribution in [2.45, 2.75) is 51.1 Å². The van der Waals surface area contributed by atoms with Gasteiger partial charge in [-0.1, -0.05) is 12.8 Å². The van der Waals surface area contributed by atoms with Crippen molar-refractivity contribution in [2.24, 2.45) is 5.84 Å². The van der Waals surface area contributed by atoms with E-state index in [4.69, 9.17) is 5.84 Å². The molecular weight excluding hydrogens is 255 g/mol. The van der Waals surface area contributed by atoms with Gasteiger partial charge in [0.05, 0.1) is 12.2 Å². The molecule has 0 radical (unpaired) electrons. The lowest BCUT2D eigenvalue weighted by Crippen LogP contribution is -2.54. The van der Waals surface area contributed by atoms with Gasteiger partial charge in [0.25, 0.3) is 0 Å². The summed E-state index contributed by atoms with van der Waals surface area (Å²) in [4.78, 5) is 6.39. The maximum absolute atomic E-state index is 13.4. The molecule has 0 aromatic carbocycles. The Hall–Kier alpha value is -1.04. The van der Waals surface area contributed by atoms with Crippen LogP contribution in [0, 0.1) is 5.82 Å². The van der Waals surface area contributed by atoms with Gasteiger partial charge in [0.1, 0.15) is 5.82 Å². The highest BCUT2D eigenvalue weighted by Crippen LogP contribution is 2.32. The molecule has 1 fully saturated rings. The van der Waals surface area contributed by atoms with E-state index >= 15 is 0 Å². The molecule has 0 saturated carbocycles. The molecule has 2 rings (SSSR count). The van der Waals surface area contributed by atoms with E-state index in [1.54, 1.807) is 6.20 Å². The fourth-order valence-corrected chi connectivity index (χ4v) is 3.12. The maximum Gasteiger partial charge on any atom is 0.141 e. The monoisotopic (exact) mass is 280 g/mol. The van der Waals surface area contributed by atoms with Gasteiger partial charge in [0.15, 0.2) is 0 Å². The normalized spacial score (nSPS) is 19.6. The van der Waals surface area contributed by atoms with E-state index in [0.717, 1.165) is 18.7 Å². The Kier molecular flexibility index (Phi) is 5.07. The van der Waals surface area contributed by atoms with E-state index in [-0.39, 0.29) is 17.4 Å². The Labute approximate surface area is 120 Å². The standard InChI is InChI=1S/C15H25FN4/c1-15(2,20-7-5-3-4-6-8-20)14(19-17)12-9-13(16)11-18-10-12/h9-11,14,19H,3-8,17H2,1-2H3. The van der Waals surface area contributed by atoms with Gasteiger partial charge in [-0.05, 0) is 51.4 Å². The van der Waals surface area contributed by atoms with Crippen molar-refractivity contribution in [1.29, 1.82) is 0 Å². The Morgan fingerprint density at radius 1 is 1.25 bits per heavy atom. The van der Waals surface area contributed by atoms with Crippen LogP contribution in [0.5, 0.6) is 0 Å². The minimum absolute atomic E-state index is 0.149. The van der Waals surface area contributed by atoms with E-state index in [1.165, 1.54) is 37.9 Å². The van der Waals surface area contributed by atoms with E-state index in [2.05, 4.69) is 29.2 Å². The predicted octanol–water partition coefficient (Wildman–Crippen LogP) is 2.38. The summed E-state index contributed by atoms with van der Waals surface area (Å²) in [5, 5.41) is 0. The van der Waals surface area contributed by atoms with Crippen molar-refractivity contribution < 1.29 is 4.39 Å². The minimum atomic E-state index is -0.325. The second-order valence-corrected chi connectivity index (χ2v) is 6.09. The molecular formula is C15H25FN4. The number of hydrazine groups is 1. The van der Waals surface area contributed by atoms with Crippen LogP contribution in [0.2, 0.25) is 0 Å². The number of rotatable bonds is 4. The van der Waals surface area contributed by atoms with Gasteiger partial charge in [-0.25, -0.2) is 4.39 Å². The Morgan fingerprint density at radius 2 is 1.90 bits per heavy atom. The smallest absolute Gasteiger partial charge is 0.141 e. The molecule has 1 saturated heterocycles. The Bertz CT molecular complexity index is 428. The van der Waals surface area contributed by atoms with Crippen LogP contribution in [0.25, 0.3) is 0 Å². The number of pyridine rings is 1. The van der Waals surface area contributed by atoms with Crippen LogP contribution in [-0.2, 0) is 0 Å². The zero-order chi connectivity index (χ0) is 14.6. The third kappa shape index (κ3) is 3.34. The summed E-state index contributed by atoms with van der Waals surface area (Å²) in [6.45, 7) is 6.45. The van der Waals surface area contributed by atoms with Crippen LogP contribution in [0.3, 0.4) is 0 Å². The number of nitrogens with zero attached hydrogens (tertiary/aromatic N) is 2. The van der Waals surface area contributed by atoms with Gasteiger partial charge >= 0.3 is 0 Å². The topological polar surface area (TPSA) is 54.2 Å².